The largest absolute Gasteiger partial charge is 0.493 e. The van der Waals surface area contributed by atoms with Crippen LogP contribution in [0.1, 0.15) is 66.4 Å². The molecule has 3 N–H and O–H groups in total. The maximum atomic E-state index is 13.2. The van der Waals surface area contributed by atoms with Crippen molar-refractivity contribution in [2.45, 2.75) is 51.4 Å². The van der Waals surface area contributed by atoms with E-state index < -0.39 is 17.2 Å². The normalized spacial score (nSPS) is 12.4. The highest BCUT2D eigenvalue weighted by molar-refractivity contribution is 5.96. The van der Waals surface area contributed by atoms with E-state index in [1.54, 1.807) is 55.5 Å². The monoisotopic (exact) mass is 637 g/mol. The van der Waals surface area contributed by atoms with Crippen molar-refractivity contribution in [2.75, 3.05) is 20.3 Å². The van der Waals surface area contributed by atoms with Gasteiger partial charge in [-0.05, 0) is 80.8 Å². The van der Waals surface area contributed by atoms with E-state index in [9.17, 15) is 20.0 Å². The molecule has 1 aromatic heterocycles. The van der Waals surface area contributed by atoms with E-state index >= 15 is 0 Å². The van der Waals surface area contributed by atoms with E-state index in [0.717, 1.165) is 5.56 Å². The van der Waals surface area contributed by atoms with Crippen molar-refractivity contribution < 1.29 is 34.0 Å². The van der Waals surface area contributed by atoms with Crippen LogP contribution in [0, 0.1) is 11.3 Å². The van der Waals surface area contributed by atoms with Gasteiger partial charge in [-0.3, -0.25) is 4.79 Å². The number of Topliss-reactive ketones (excluding diaryl/α,β-unsaturated/α-hetero) is 1. The number of nitriles is 1. The summed E-state index contributed by atoms with van der Waals surface area (Å²) in [5.74, 6) is 0.542. The molecule has 0 bridgehead atoms. The lowest BCUT2D eigenvalue weighted by Crippen LogP contribution is -2.41. The van der Waals surface area contributed by atoms with Crippen molar-refractivity contribution >= 4 is 11.9 Å². The lowest BCUT2D eigenvalue weighted by atomic mass is 9.87. The van der Waals surface area contributed by atoms with Gasteiger partial charge in [0.05, 0.1) is 42.3 Å². The molecule has 1 heterocycles. The van der Waals surface area contributed by atoms with Crippen LogP contribution in [0.15, 0.2) is 84.9 Å². The van der Waals surface area contributed by atoms with E-state index in [1.807, 2.05) is 50.2 Å². The van der Waals surface area contributed by atoms with Crippen molar-refractivity contribution in [3.05, 3.63) is 113 Å². The first-order valence-electron chi connectivity index (χ1n) is 15.2. The fourth-order valence-corrected chi connectivity index (χ4v) is 4.86. The molecule has 47 heavy (non-hydrogen) atoms. The number of hydrogen-bond donors (Lipinski definition) is 3. The molecule has 1 unspecified atom stereocenters. The second-order valence-electron chi connectivity index (χ2n) is 11.8. The highest BCUT2D eigenvalue weighted by atomic mass is 16.5. The molecular weight excluding hydrogens is 598 g/mol. The molecule has 0 fully saturated rings. The highest BCUT2D eigenvalue weighted by Crippen LogP contribution is 2.34. The standard InChI is InChI=1S/C37H39N3O7/c1-36(2,40-35(43)47-24-26-8-6-5-7-9-26)29-21-30(27-12-10-25(23-38)11-13-27)39-34(22-29)37(3,44)17-16-31(42)28-14-15-32(46-19-18-41)33(20-28)45-4/h5-15,20-22,41,44H,16-19,24H2,1-4H3,(H,40,43). The number of alkyl carbamates (subject to hydrolysis) is 1. The van der Waals surface area contributed by atoms with E-state index in [1.165, 1.54) is 7.11 Å². The lowest BCUT2D eigenvalue weighted by molar-refractivity contribution is 0.0396. The average molecular weight is 638 g/mol. The van der Waals surface area contributed by atoms with Crippen LogP contribution in [0.4, 0.5) is 4.79 Å². The number of ether oxygens (including phenoxy) is 3. The molecule has 244 valence electrons. The number of nitrogens with zero attached hydrogens (tertiary/aromatic N) is 2. The summed E-state index contributed by atoms with van der Waals surface area (Å²) in [7, 11) is 1.46. The summed E-state index contributed by atoms with van der Waals surface area (Å²) in [5, 5.41) is 33.0. The van der Waals surface area contributed by atoms with Gasteiger partial charge in [0.25, 0.3) is 0 Å². The number of rotatable bonds is 14. The molecule has 0 radical (unpaired) electrons. The number of benzene rings is 3. The zero-order chi connectivity index (χ0) is 34.0. The van der Waals surface area contributed by atoms with Crippen LogP contribution in [-0.4, -0.2) is 47.4 Å². The predicted octanol–water partition coefficient (Wildman–Crippen LogP) is 6.03. The molecule has 10 heteroatoms. The summed E-state index contributed by atoms with van der Waals surface area (Å²) < 4.78 is 16.3. The summed E-state index contributed by atoms with van der Waals surface area (Å²) in [4.78, 5) is 30.8. The summed E-state index contributed by atoms with van der Waals surface area (Å²) in [6, 6.07) is 26.7. The molecule has 4 aromatic rings. The number of ketones is 1. The number of hydrogen-bond acceptors (Lipinski definition) is 9. The number of aliphatic hydroxyl groups is 2. The van der Waals surface area contributed by atoms with E-state index in [2.05, 4.69) is 11.4 Å². The summed E-state index contributed by atoms with van der Waals surface area (Å²) in [5.41, 5.74) is 1.41. The Morgan fingerprint density at radius 3 is 2.34 bits per heavy atom. The van der Waals surface area contributed by atoms with Gasteiger partial charge in [0.1, 0.15) is 18.8 Å². The van der Waals surface area contributed by atoms with Gasteiger partial charge in [0, 0.05) is 17.5 Å². The molecule has 4 rings (SSSR count). The minimum Gasteiger partial charge on any atom is -0.493 e. The van der Waals surface area contributed by atoms with E-state index in [0.29, 0.717) is 45.1 Å². The molecule has 0 aliphatic heterocycles. The Kier molecular flexibility index (Phi) is 11.3. The van der Waals surface area contributed by atoms with E-state index in [4.69, 9.17) is 24.3 Å². The predicted molar refractivity (Wildman–Crippen MR) is 176 cm³/mol. The number of amides is 1. The fraction of sp³-hybridized carbons (Fsp3) is 0.297. The average Bonchev–Trinajstić information content (AvgIpc) is 3.08. The van der Waals surface area contributed by atoms with Crippen LogP contribution in [0.25, 0.3) is 11.3 Å². The fourth-order valence-electron chi connectivity index (χ4n) is 4.86. The number of methoxy groups -OCH3 is 1. The molecule has 3 aromatic carbocycles. The van der Waals surface area contributed by atoms with Gasteiger partial charge in [-0.25, -0.2) is 9.78 Å². The Morgan fingerprint density at radius 1 is 0.957 bits per heavy atom. The van der Waals surface area contributed by atoms with Crippen LogP contribution in [0.5, 0.6) is 11.5 Å². The number of nitrogens with one attached hydrogen (secondary N) is 1. The molecule has 0 spiro atoms. The van der Waals surface area contributed by atoms with Gasteiger partial charge in [-0.2, -0.15) is 5.26 Å². The zero-order valence-corrected chi connectivity index (χ0v) is 26.9. The SMILES string of the molecule is COc1cc(C(=O)CCC(C)(O)c2cc(C(C)(C)NC(=O)OCc3ccccc3)cc(-c3ccc(C#N)cc3)n2)ccc1OCCO. The van der Waals surface area contributed by atoms with Gasteiger partial charge in [-0.1, -0.05) is 42.5 Å². The maximum absolute atomic E-state index is 13.2. The number of aromatic nitrogens is 1. The minimum atomic E-state index is -1.54. The summed E-state index contributed by atoms with van der Waals surface area (Å²) >= 11 is 0. The number of aliphatic hydroxyl groups excluding tert-OH is 1. The highest BCUT2D eigenvalue weighted by Gasteiger charge is 2.31. The van der Waals surface area contributed by atoms with Crippen molar-refractivity contribution in [3.63, 3.8) is 0 Å². The number of carbonyl (C=O) groups excluding carboxylic acids is 2. The third-order valence-electron chi connectivity index (χ3n) is 7.71. The quantitative estimate of drug-likeness (QED) is 0.141. The Labute approximate surface area is 274 Å². The smallest absolute Gasteiger partial charge is 0.408 e. The maximum Gasteiger partial charge on any atom is 0.408 e. The Morgan fingerprint density at radius 2 is 1.68 bits per heavy atom. The third-order valence-corrected chi connectivity index (χ3v) is 7.71. The van der Waals surface area contributed by atoms with Crippen LogP contribution < -0.4 is 14.8 Å². The molecule has 0 aliphatic rings. The molecular formula is C37H39N3O7. The number of carbonyl (C=O) groups is 2. The Hall–Kier alpha value is -5.24. The minimum absolute atomic E-state index is 0.00143. The second-order valence-corrected chi connectivity index (χ2v) is 11.8. The Balaban J connectivity index is 1.59. The molecule has 1 amide bonds. The van der Waals surface area contributed by atoms with Gasteiger partial charge in [0.15, 0.2) is 17.3 Å². The van der Waals surface area contributed by atoms with Crippen LogP contribution in [0.3, 0.4) is 0 Å². The van der Waals surface area contributed by atoms with Crippen LogP contribution in [-0.2, 0) is 22.5 Å². The molecule has 0 aliphatic carbocycles. The van der Waals surface area contributed by atoms with Crippen LogP contribution in [0.2, 0.25) is 0 Å². The summed E-state index contributed by atoms with van der Waals surface area (Å²) in [6.45, 7) is 5.26. The first-order valence-corrected chi connectivity index (χ1v) is 15.2. The van der Waals surface area contributed by atoms with Gasteiger partial charge >= 0.3 is 6.09 Å². The molecule has 1 atom stereocenters. The lowest BCUT2D eigenvalue weighted by Gasteiger charge is -2.30. The first kappa shape index (κ1) is 34.6. The zero-order valence-electron chi connectivity index (χ0n) is 26.9. The summed E-state index contributed by atoms with van der Waals surface area (Å²) in [6.07, 6.45) is -0.566. The topological polar surface area (TPSA) is 151 Å². The number of pyridine rings is 1. The van der Waals surface area contributed by atoms with Crippen molar-refractivity contribution in [2.24, 2.45) is 0 Å². The van der Waals surface area contributed by atoms with Gasteiger partial charge in [-0.15, -0.1) is 0 Å². The van der Waals surface area contributed by atoms with Crippen molar-refractivity contribution in [3.8, 4) is 28.8 Å². The first-order chi connectivity index (χ1) is 22.5. The Bertz CT molecular complexity index is 1730. The van der Waals surface area contributed by atoms with Gasteiger partial charge < -0.3 is 29.7 Å². The van der Waals surface area contributed by atoms with Crippen molar-refractivity contribution in [1.29, 1.82) is 5.26 Å². The molecule has 0 saturated heterocycles. The van der Waals surface area contributed by atoms with E-state index in [-0.39, 0.29) is 38.4 Å². The molecule has 0 saturated carbocycles. The molecule has 10 nitrogen and oxygen atoms in total. The third kappa shape index (κ3) is 9.16. The van der Waals surface area contributed by atoms with Crippen molar-refractivity contribution in [1.82, 2.24) is 10.3 Å². The van der Waals surface area contributed by atoms with Crippen LogP contribution >= 0.6 is 0 Å². The second kappa shape index (κ2) is 15.4. The van der Waals surface area contributed by atoms with Gasteiger partial charge in [0.2, 0.25) is 0 Å².